The predicted molar refractivity (Wildman–Crippen MR) is 61.7 cm³/mol. The number of rotatable bonds is 4. The Morgan fingerprint density at radius 1 is 1.38 bits per heavy atom. The highest BCUT2D eigenvalue weighted by atomic mass is 19.1. The molecule has 0 atom stereocenters. The Morgan fingerprint density at radius 3 is 2.56 bits per heavy atom. The largest absolute Gasteiger partial charge is 0.390 e. The molecule has 1 N–H and O–H groups in total. The van der Waals surface area contributed by atoms with Crippen molar-refractivity contribution in [2.75, 3.05) is 14.1 Å². The number of hydrogen-bond donors (Lipinski definition) is 1. The summed E-state index contributed by atoms with van der Waals surface area (Å²) in [6.07, 6.45) is 2.26. The lowest BCUT2D eigenvalue weighted by atomic mass is 10.0. The molecule has 0 saturated heterocycles. The summed E-state index contributed by atoms with van der Waals surface area (Å²) in [5.41, 5.74) is 1.05. The molecule has 3 heteroatoms. The maximum atomic E-state index is 13.7. The zero-order chi connectivity index (χ0) is 11.8. The van der Waals surface area contributed by atoms with Crippen molar-refractivity contribution in [3.05, 3.63) is 35.1 Å². The fourth-order valence-corrected chi connectivity index (χ4v) is 1.87. The summed E-state index contributed by atoms with van der Waals surface area (Å²) in [5.74, 6) is -0.171. The highest BCUT2D eigenvalue weighted by Gasteiger charge is 2.40. The first-order chi connectivity index (χ1) is 7.48. The Hall–Kier alpha value is -0.930. The monoisotopic (exact) mass is 223 g/mol. The van der Waals surface area contributed by atoms with E-state index in [9.17, 15) is 9.50 Å². The van der Waals surface area contributed by atoms with Crippen LogP contribution in [0.4, 0.5) is 4.39 Å². The van der Waals surface area contributed by atoms with Crippen molar-refractivity contribution in [1.82, 2.24) is 4.90 Å². The smallest absolute Gasteiger partial charge is 0.127 e. The second-order valence-electron chi connectivity index (χ2n) is 5.06. The maximum absolute atomic E-state index is 13.7. The van der Waals surface area contributed by atoms with Crippen molar-refractivity contribution in [2.24, 2.45) is 0 Å². The Labute approximate surface area is 95.7 Å². The fourth-order valence-electron chi connectivity index (χ4n) is 1.87. The fraction of sp³-hybridized carbons (Fsp3) is 0.538. The highest BCUT2D eigenvalue weighted by Crippen LogP contribution is 2.38. The maximum Gasteiger partial charge on any atom is 0.127 e. The van der Waals surface area contributed by atoms with E-state index < -0.39 is 5.60 Å². The standard InChI is InChI=1S/C13H18FNO/c1-15(2)9-11-4-3-10(7-12(11)14)8-13(16)5-6-13/h3-4,7,16H,5-6,8-9H2,1-2H3. The zero-order valence-electron chi connectivity index (χ0n) is 9.83. The molecule has 0 bridgehead atoms. The van der Waals surface area contributed by atoms with Gasteiger partial charge in [-0.25, -0.2) is 4.39 Å². The van der Waals surface area contributed by atoms with E-state index in [1.165, 1.54) is 0 Å². The van der Waals surface area contributed by atoms with E-state index in [2.05, 4.69) is 0 Å². The van der Waals surface area contributed by atoms with Crippen LogP contribution in [0.1, 0.15) is 24.0 Å². The molecule has 0 aliphatic heterocycles. The summed E-state index contributed by atoms with van der Waals surface area (Å²) < 4.78 is 13.7. The minimum Gasteiger partial charge on any atom is -0.390 e. The van der Waals surface area contributed by atoms with Crippen molar-refractivity contribution in [3.63, 3.8) is 0 Å². The predicted octanol–water partition coefficient (Wildman–Crippen LogP) is 1.95. The van der Waals surface area contributed by atoms with Gasteiger partial charge in [-0.2, -0.15) is 0 Å². The van der Waals surface area contributed by atoms with Crippen LogP contribution < -0.4 is 0 Å². The summed E-state index contributed by atoms with van der Waals surface area (Å²) >= 11 is 0. The average Bonchev–Trinajstić information content (AvgIpc) is 2.88. The van der Waals surface area contributed by atoms with E-state index in [-0.39, 0.29) is 5.82 Å². The molecule has 1 aliphatic rings. The lowest BCUT2D eigenvalue weighted by Gasteiger charge is -2.12. The van der Waals surface area contributed by atoms with Gasteiger partial charge in [-0.3, -0.25) is 0 Å². The third-order valence-electron chi connectivity index (χ3n) is 2.96. The van der Waals surface area contributed by atoms with Crippen LogP contribution in [0.15, 0.2) is 18.2 Å². The van der Waals surface area contributed by atoms with E-state index in [1.54, 1.807) is 6.07 Å². The highest BCUT2D eigenvalue weighted by molar-refractivity contribution is 5.26. The minimum atomic E-state index is -0.546. The second kappa shape index (κ2) is 4.15. The van der Waals surface area contributed by atoms with Crippen LogP contribution in [0, 0.1) is 5.82 Å². The van der Waals surface area contributed by atoms with Gasteiger partial charge in [-0.1, -0.05) is 12.1 Å². The molecule has 1 fully saturated rings. The summed E-state index contributed by atoms with van der Waals surface area (Å²) in [6, 6.07) is 5.28. The molecule has 0 amide bonds. The van der Waals surface area contributed by atoms with Crippen LogP contribution in [0.25, 0.3) is 0 Å². The molecule has 1 aliphatic carbocycles. The lowest BCUT2D eigenvalue weighted by molar-refractivity contribution is 0.151. The van der Waals surface area contributed by atoms with Gasteiger partial charge in [0.15, 0.2) is 0 Å². The van der Waals surface area contributed by atoms with Crippen molar-refractivity contribution in [1.29, 1.82) is 0 Å². The summed E-state index contributed by atoms with van der Waals surface area (Å²) in [6.45, 7) is 0.608. The molecular weight excluding hydrogens is 205 g/mol. The Balaban J connectivity index is 2.09. The van der Waals surface area contributed by atoms with Gasteiger partial charge in [0.1, 0.15) is 5.82 Å². The van der Waals surface area contributed by atoms with Crippen molar-refractivity contribution >= 4 is 0 Å². The Bertz CT molecular complexity index is 386. The Kier molecular flexibility index (Phi) is 3.00. The first-order valence-electron chi connectivity index (χ1n) is 5.63. The lowest BCUT2D eigenvalue weighted by Crippen LogP contribution is -2.13. The zero-order valence-corrected chi connectivity index (χ0v) is 9.83. The summed E-state index contributed by atoms with van der Waals surface area (Å²) in [7, 11) is 3.83. The van der Waals surface area contributed by atoms with Crippen LogP contribution in [-0.2, 0) is 13.0 Å². The molecular formula is C13H18FNO. The van der Waals surface area contributed by atoms with Crippen LogP contribution in [0.3, 0.4) is 0 Å². The number of halogens is 1. The first kappa shape index (κ1) is 11.6. The van der Waals surface area contributed by atoms with Crippen LogP contribution in [0.2, 0.25) is 0 Å². The molecule has 0 unspecified atom stereocenters. The molecule has 1 saturated carbocycles. The molecule has 88 valence electrons. The van der Waals surface area contributed by atoms with Gasteiger partial charge in [-0.05, 0) is 38.6 Å². The third kappa shape index (κ3) is 2.80. The summed E-state index contributed by atoms with van der Waals surface area (Å²) in [5, 5.41) is 9.76. The molecule has 0 spiro atoms. The van der Waals surface area contributed by atoms with Crippen LogP contribution in [-0.4, -0.2) is 29.7 Å². The van der Waals surface area contributed by atoms with Crippen molar-refractivity contribution < 1.29 is 9.50 Å². The van der Waals surface area contributed by atoms with Gasteiger partial charge >= 0.3 is 0 Å². The molecule has 1 aromatic carbocycles. The SMILES string of the molecule is CN(C)Cc1ccc(CC2(O)CC2)cc1F. The second-order valence-corrected chi connectivity index (χ2v) is 5.06. The summed E-state index contributed by atoms with van der Waals surface area (Å²) in [4.78, 5) is 1.94. The quantitative estimate of drug-likeness (QED) is 0.843. The number of benzene rings is 1. The van der Waals surface area contributed by atoms with E-state index >= 15 is 0 Å². The van der Waals surface area contributed by atoms with Gasteiger partial charge in [0.25, 0.3) is 0 Å². The van der Waals surface area contributed by atoms with Gasteiger partial charge in [-0.15, -0.1) is 0 Å². The first-order valence-corrected chi connectivity index (χ1v) is 5.63. The van der Waals surface area contributed by atoms with Gasteiger partial charge in [0, 0.05) is 18.5 Å². The molecule has 2 rings (SSSR count). The number of aliphatic hydroxyl groups is 1. The van der Waals surface area contributed by atoms with Crippen molar-refractivity contribution in [3.8, 4) is 0 Å². The molecule has 1 aromatic rings. The Morgan fingerprint density at radius 2 is 2.06 bits per heavy atom. The molecule has 0 aromatic heterocycles. The van der Waals surface area contributed by atoms with E-state index in [1.807, 2.05) is 31.1 Å². The molecule has 0 heterocycles. The normalized spacial score (nSPS) is 17.8. The molecule has 2 nitrogen and oxygen atoms in total. The number of nitrogens with zero attached hydrogens (tertiary/aromatic N) is 1. The van der Waals surface area contributed by atoms with E-state index in [0.29, 0.717) is 18.5 Å². The minimum absolute atomic E-state index is 0.171. The van der Waals surface area contributed by atoms with Crippen LogP contribution >= 0.6 is 0 Å². The van der Waals surface area contributed by atoms with Gasteiger partial charge < -0.3 is 10.0 Å². The third-order valence-corrected chi connectivity index (χ3v) is 2.96. The van der Waals surface area contributed by atoms with E-state index in [4.69, 9.17) is 0 Å². The van der Waals surface area contributed by atoms with E-state index in [0.717, 1.165) is 18.4 Å². The molecule has 16 heavy (non-hydrogen) atoms. The average molecular weight is 223 g/mol. The topological polar surface area (TPSA) is 23.5 Å². The van der Waals surface area contributed by atoms with Gasteiger partial charge in [0.2, 0.25) is 0 Å². The van der Waals surface area contributed by atoms with Gasteiger partial charge in [0.05, 0.1) is 5.60 Å². The number of hydrogen-bond acceptors (Lipinski definition) is 2. The van der Waals surface area contributed by atoms with Crippen molar-refractivity contribution in [2.45, 2.75) is 31.4 Å². The molecule has 0 radical (unpaired) electrons. The van der Waals surface area contributed by atoms with Crippen LogP contribution in [0.5, 0.6) is 0 Å².